The van der Waals surface area contributed by atoms with Gasteiger partial charge in [0.1, 0.15) is 10.6 Å². The Bertz CT molecular complexity index is 970. The number of hydrogen-bond donors (Lipinski definition) is 1. The predicted octanol–water partition coefficient (Wildman–Crippen LogP) is 4.19. The van der Waals surface area contributed by atoms with E-state index in [1.807, 2.05) is 0 Å². The minimum Gasteiger partial charge on any atom is -0.465 e. The molecule has 2 aromatic heterocycles. The lowest BCUT2D eigenvalue weighted by atomic mass is 10.2. The van der Waals surface area contributed by atoms with Crippen molar-refractivity contribution < 1.29 is 23.1 Å². The van der Waals surface area contributed by atoms with Crippen LogP contribution in [0.3, 0.4) is 0 Å². The summed E-state index contributed by atoms with van der Waals surface area (Å²) in [6, 6.07) is 5.97. The molecule has 0 aliphatic heterocycles. The zero-order valence-electron chi connectivity index (χ0n) is 12.6. The van der Waals surface area contributed by atoms with Crippen molar-refractivity contribution in [2.75, 3.05) is 12.4 Å². The number of halogens is 3. The lowest BCUT2D eigenvalue weighted by Crippen LogP contribution is -2.18. The molecule has 0 unspecified atom stereocenters. The summed E-state index contributed by atoms with van der Waals surface area (Å²) in [5.41, 5.74) is 0.100. The average Bonchev–Trinajstić information content (AvgIpc) is 3.19. The van der Waals surface area contributed by atoms with E-state index in [2.05, 4.69) is 15.2 Å². The zero-order valence-corrected chi connectivity index (χ0v) is 14.2. The highest BCUT2D eigenvalue weighted by Gasteiger charge is 2.20. The molecule has 10 heteroatoms. The lowest BCUT2D eigenvalue weighted by molar-refractivity contribution is 0.0520. The fourth-order valence-corrected chi connectivity index (χ4v) is 3.68. The number of rotatable bonds is 4. The van der Waals surface area contributed by atoms with Crippen molar-refractivity contribution in [3.05, 3.63) is 46.1 Å². The first kappa shape index (κ1) is 17.3. The van der Waals surface area contributed by atoms with Gasteiger partial charge < -0.3 is 10.1 Å². The molecule has 1 amide bonds. The molecule has 0 radical (unpaired) electrons. The smallest absolute Gasteiger partial charge is 0.349 e. The number of carbonyl (C=O) groups excluding carboxylic acids is 2. The second kappa shape index (κ2) is 6.77. The zero-order chi connectivity index (χ0) is 18.1. The number of anilines is 1. The number of esters is 1. The average molecular weight is 386 g/mol. The minimum absolute atomic E-state index is 0.249. The van der Waals surface area contributed by atoms with E-state index in [1.165, 1.54) is 13.2 Å². The molecule has 1 N–H and O–H groups in total. The van der Waals surface area contributed by atoms with Crippen LogP contribution < -0.4 is 5.32 Å². The fraction of sp³-hybridized carbons (Fsp3) is 0.133. The van der Waals surface area contributed by atoms with Gasteiger partial charge in [-0.05, 0) is 24.3 Å². The minimum atomic E-state index is -2.92. The van der Waals surface area contributed by atoms with Crippen LogP contribution in [0.25, 0.3) is 10.1 Å². The Hall–Kier alpha value is -2.52. The number of amides is 1. The maximum atomic E-state index is 12.8. The molecule has 2 heterocycles. The van der Waals surface area contributed by atoms with E-state index in [0.29, 0.717) is 20.5 Å². The summed E-state index contributed by atoms with van der Waals surface area (Å²) in [7, 11) is 1.25. The van der Waals surface area contributed by atoms with E-state index in [1.54, 1.807) is 18.2 Å². The Kier molecular flexibility index (Phi) is 4.69. The van der Waals surface area contributed by atoms with Gasteiger partial charge in [0, 0.05) is 22.0 Å². The molecule has 130 valence electrons. The molecular formula is C15H10ClF2N3O3S. The van der Waals surface area contributed by atoms with Gasteiger partial charge in [-0.3, -0.25) is 4.79 Å². The molecular weight excluding hydrogens is 376 g/mol. The van der Waals surface area contributed by atoms with Gasteiger partial charge in [-0.1, -0.05) is 11.6 Å². The van der Waals surface area contributed by atoms with Crippen molar-refractivity contribution in [2.24, 2.45) is 0 Å². The highest BCUT2D eigenvalue weighted by atomic mass is 35.5. The number of carbonyl (C=O) groups is 2. The molecule has 1 aromatic carbocycles. The van der Waals surface area contributed by atoms with Crippen LogP contribution in [0, 0.1) is 0 Å². The van der Waals surface area contributed by atoms with Gasteiger partial charge in [0.05, 0.1) is 12.1 Å². The van der Waals surface area contributed by atoms with E-state index in [-0.39, 0.29) is 15.6 Å². The topological polar surface area (TPSA) is 73.2 Å². The monoisotopic (exact) mass is 385 g/mol. The van der Waals surface area contributed by atoms with Gasteiger partial charge in [-0.15, -0.1) is 11.3 Å². The summed E-state index contributed by atoms with van der Waals surface area (Å²) in [5.74, 6) is -1.29. The van der Waals surface area contributed by atoms with Crippen LogP contribution in [-0.4, -0.2) is 28.8 Å². The van der Waals surface area contributed by atoms with Gasteiger partial charge in [0.2, 0.25) is 0 Å². The third kappa shape index (κ3) is 3.20. The third-order valence-corrected chi connectivity index (χ3v) is 4.98. The van der Waals surface area contributed by atoms with Crippen molar-refractivity contribution in [3.63, 3.8) is 0 Å². The van der Waals surface area contributed by atoms with Gasteiger partial charge >= 0.3 is 12.5 Å². The first-order valence-corrected chi connectivity index (χ1v) is 8.05. The Morgan fingerprint density at radius 1 is 1.36 bits per heavy atom. The summed E-state index contributed by atoms with van der Waals surface area (Å²) in [6.07, 6.45) is 1.12. The van der Waals surface area contributed by atoms with E-state index in [4.69, 9.17) is 11.6 Å². The molecule has 0 spiro atoms. The summed E-state index contributed by atoms with van der Waals surface area (Å²) in [4.78, 5) is 24.1. The largest absolute Gasteiger partial charge is 0.465 e. The Morgan fingerprint density at radius 2 is 2.12 bits per heavy atom. The molecule has 0 fully saturated rings. The predicted molar refractivity (Wildman–Crippen MR) is 89.6 cm³/mol. The van der Waals surface area contributed by atoms with E-state index in [9.17, 15) is 18.4 Å². The van der Waals surface area contributed by atoms with Crippen LogP contribution in [0.5, 0.6) is 0 Å². The number of nitrogens with one attached hydrogen (secondary N) is 1. The molecule has 0 aliphatic rings. The molecule has 6 nitrogen and oxygen atoms in total. The second-order valence-corrected chi connectivity index (χ2v) is 6.27. The number of ether oxygens (including phenoxy) is 1. The molecule has 25 heavy (non-hydrogen) atoms. The van der Waals surface area contributed by atoms with Crippen LogP contribution in [-0.2, 0) is 4.74 Å². The molecule has 0 atom stereocenters. The number of nitrogens with zero attached hydrogens (tertiary/aromatic N) is 2. The maximum absolute atomic E-state index is 12.8. The number of fused-ring (bicyclic) bond motifs is 1. The Labute approximate surface area is 148 Å². The number of hydrogen-bond acceptors (Lipinski definition) is 5. The number of alkyl halides is 2. The van der Waals surface area contributed by atoms with E-state index >= 15 is 0 Å². The van der Waals surface area contributed by atoms with Gasteiger partial charge in [-0.25, -0.2) is 4.79 Å². The van der Waals surface area contributed by atoms with Crippen LogP contribution >= 0.6 is 22.9 Å². The van der Waals surface area contributed by atoms with Crippen molar-refractivity contribution in [1.82, 2.24) is 9.78 Å². The van der Waals surface area contributed by atoms with E-state index in [0.717, 1.165) is 17.5 Å². The van der Waals surface area contributed by atoms with Crippen molar-refractivity contribution in [1.29, 1.82) is 0 Å². The van der Waals surface area contributed by atoms with Gasteiger partial charge in [0.25, 0.3) is 5.91 Å². The number of benzene rings is 1. The first-order valence-electron chi connectivity index (χ1n) is 6.85. The third-order valence-electron chi connectivity index (χ3n) is 3.35. The number of thiophene rings is 1. The van der Waals surface area contributed by atoms with Crippen molar-refractivity contribution >= 4 is 50.6 Å². The highest BCUT2D eigenvalue weighted by molar-refractivity contribution is 7.21. The standard InChI is InChI=1S/C15H10ClF2N3O3S/c1-24-14(23)12-11(16)8-3-2-7(6-10(8)25-12)20-13(22)9-4-5-19-21(9)15(17)18/h2-6,15H,1H3,(H,20,22). The van der Waals surface area contributed by atoms with E-state index < -0.39 is 18.4 Å². The number of aromatic nitrogens is 2. The molecule has 0 saturated heterocycles. The van der Waals surface area contributed by atoms with Gasteiger partial charge in [-0.2, -0.15) is 18.6 Å². The Balaban J connectivity index is 1.90. The normalized spacial score (nSPS) is 11.1. The van der Waals surface area contributed by atoms with Gasteiger partial charge in [0.15, 0.2) is 0 Å². The fourth-order valence-electron chi connectivity index (χ4n) is 2.21. The quantitative estimate of drug-likeness (QED) is 0.683. The van der Waals surface area contributed by atoms with Crippen LogP contribution in [0.2, 0.25) is 5.02 Å². The maximum Gasteiger partial charge on any atom is 0.349 e. The molecule has 3 rings (SSSR count). The molecule has 0 bridgehead atoms. The van der Waals surface area contributed by atoms with Crippen molar-refractivity contribution in [2.45, 2.75) is 6.55 Å². The highest BCUT2D eigenvalue weighted by Crippen LogP contribution is 2.37. The molecule has 0 saturated carbocycles. The SMILES string of the molecule is COC(=O)c1sc2cc(NC(=O)c3ccnn3C(F)F)ccc2c1Cl. The molecule has 3 aromatic rings. The summed E-state index contributed by atoms with van der Waals surface area (Å²) in [5, 5.41) is 6.82. The number of methoxy groups -OCH3 is 1. The van der Waals surface area contributed by atoms with Crippen LogP contribution in [0.4, 0.5) is 14.5 Å². The lowest BCUT2D eigenvalue weighted by Gasteiger charge is -2.07. The summed E-state index contributed by atoms with van der Waals surface area (Å²) < 4.78 is 31.2. The summed E-state index contributed by atoms with van der Waals surface area (Å²) >= 11 is 7.26. The van der Waals surface area contributed by atoms with Crippen LogP contribution in [0.1, 0.15) is 26.7 Å². The second-order valence-electron chi connectivity index (χ2n) is 4.84. The molecule has 0 aliphatic carbocycles. The first-order chi connectivity index (χ1) is 11.9. The Morgan fingerprint density at radius 3 is 2.80 bits per heavy atom. The summed E-state index contributed by atoms with van der Waals surface area (Å²) in [6.45, 7) is -2.92. The van der Waals surface area contributed by atoms with Crippen molar-refractivity contribution in [3.8, 4) is 0 Å². The van der Waals surface area contributed by atoms with Crippen LogP contribution in [0.15, 0.2) is 30.5 Å².